The van der Waals surface area contributed by atoms with Gasteiger partial charge in [-0.05, 0) is 62.2 Å². The number of benzene rings is 2. The number of nitrogens with one attached hydrogen (secondary N) is 2. The molecule has 1 saturated heterocycles. The van der Waals surface area contributed by atoms with Crippen LogP contribution in [0.25, 0.3) is 10.1 Å². The average Bonchev–Trinajstić information content (AvgIpc) is 3.18. The summed E-state index contributed by atoms with van der Waals surface area (Å²) in [5.41, 5.74) is 2.07. The van der Waals surface area contributed by atoms with Gasteiger partial charge >= 0.3 is 0 Å². The van der Waals surface area contributed by atoms with Crippen molar-refractivity contribution in [2.75, 3.05) is 37.3 Å². The van der Waals surface area contributed by atoms with Crippen LogP contribution in [0.15, 0.2) is 46.7 Å². The third-order valence-electron chi connectivity index (χ3n) is 5.69. The summed E-state index contributed by atoms with van der Waals surface area (Å²) in [6.45, 7) is 3.68. The van der Waals surface area contributed by atoms with Crippen molar-refractivity contribution >= 4 is 54.4 Å². The molecule has 6 nitrogen and oxygen atoms in total. The van der Waals surface area contributed by atoms with E-state index in [4.69, 9.17) is 16.3 Å². The molecule has 2 atom stereocenters. The molecule has 0 radical (unpaired) electrons. The average molecular weight is 480 g/mol. The molecule has 166 valence electrons. The van der Waals surface area contributed by atoms with Crippen LogP contribution in [-0.2, 0) is 14.8 Å². The minimum Gasteiger partial charge on any atom is -0.379 e. The van der Waals surface area contributed by atoms with Gasteiger partial charge < -0.3 is 15.0 Å². The molecular formula is C22H26ClN3O3S2. The summed E-state index contributed by atoms with van der Waals surface area (Å²) >= 11 is 7.61. The van der Waals surface area contributed by atoms with Crippen LogP contribution in [-0.4, -0.2) is 52.7 Å². The fourth-order valence-corrected chi connectivity index (χ4v) is 6.62. The quantitative estimate of drug-likeness (QED) is 0.531. The van der Waals surface area contributed by atoms with Crippen LogP contribution in [0, 0.1) is 6.92 Å². The molecule has 2 N–H and O–H groups in total. The van der Waals surface area contributed by atoms with Crippen molar-refractivity contribution < 1.29 is 13.2 Å². The Morgan fingerprint density at radius 3 is 2.68 bits per heavy atom. The summed E-state index contributed by atoms with van der Waals surface area (Å²) in [5.74, 6) is 0. The van der Waals surface area contributed by atoms with E-state index in [2.05, 4.69) is 22.0 Å². The molecule has 4 rings (SSSR count). The summed E-state index contributed by atoms with van der Waals surface area (Å²) < 4.78 is 35.8. The van der Waals surface area contributed by atoms with E-state index >= 15 is 0 Å². The van der Waals surface area contributed by atoms with Crippen LogP contribution in [0.3, 0.4) is 0 Å². The lowest BCUT2D eigenvalue weighted by Gasteiger charge is -2.37. The number of thiophene rings is 1. The summed E-state index contributed by atoms with van der Waals surface area (Å²) in [7, 11) is 0.0571. The number of hydrogen-bond donors (Lipinski definition) is 2. The Balaban J connectivity index is 1.61. The minimum absolute atomic E-state index is 0.0378. The lowest BCUT2D eigenvalue weighted by Crippen LogP contribution is -2.49. The summed E-state index contributed by atoms with van der Waals surface area (Å²) in [6, 6.07) is 12.9. The van der Waals surface area contributed by atoms with Crippen LogP contribution >= 0.6 is 22.9 Å². The van der Waals surface area contributed by atoms with Crippen LogP contribution in [0.5, 0.6) is 0 Å². The maximum Gasteiger partial charge on any atom is 0.271 e. The first-order chi connectivity index (χ1) is 14.8. The third kappa shape index (κ3) is 4.83. The maximum atomic E-state index is 13.1. The molecule has 1 aromatic heterocycles. The first-order valence-corrected chi connectivity index (χ1v) is 12.7. The molecule has 1 aliphatic heterocycles. The molecule has 0 amide bonds. The van der Waals surface area contributed by atoms with E-state index in [9.17, 15) is 8.42 Å². The Morgan fingerprint density at radius 1 is 1.19 bits per heavy atom. The number of likely N-dealkylation sites (tertiary alicyclic amines) is 1. The Bertz CT molecular complexity index is 1160. The molecular weight excluding hydrogens is 454 g/mol. The molecule has 31 heavy (non-hydrogen) atoms. The van der Waals surface area contributed by atoms with Crippen molar-refractivity contribution in [3.8, 4) is 0 Å². The van der Waals surface area contributed by atoms with E-state index in [1.54, 1.807) is 19.2 Å². The normalized spacial score (nSPS) is 20.1. The zero-order chi connectivity index (χ0) is 22.2. The van der Waals surface area contributed by atoms with Gasteiger partial charge in [0.2, 0.25) is 0 Å². The molecule has 1 fully saturated rings. The van der Waals surface area contributed by atoms with Gasteiger partial charge in [0.1, 0.15) is 4.21 Å². The van der Waals surface area contributed by atoms with Gasteiger partial charge in [0.25, 0.3) is 10.0 Å². The topological polar surface area (TPSA) is 70.7 Å². The molecule has 3 aromatic rings. The van der Waals surface area contributed by atoms with Crippen LogP contribution in [0.1, 0.15) is 12.0 Å². The molecule has 2 heterocycles. The number of ether oxygens (including phenoxy) is 1. The van der Waals surface area contributed by atoms with E-state index in [1.807, 2.05) is 37.3 Å². The molecule has 0 bridgehead atoms. The second kappa shape index (κ2) is 8.96. The molecule has 9 heteroatoms. The van der Waals surface area contributed by atoms with Crippen LogP contribution in [0.2, 0.25) is 5.02 Å². The van der Waals surface area contributed by atoms with Gasteiger partial charge in [-0.25, -0.2) is 8.42 Å². The van der Waals surface area contributed by atoms with Crippen LogP contribution in [0.4, 0.5) is 11.4 Å². The summed E-state index contributed by atoms with van der Waals surface area (Å²) in [4.78, 5) is 2.24. The number of hydrogen-bond acceptors (Lipinski definition) is 6. The fourth-order valence-electron chi connectivity index (χ4n) is 3.89. The van der Waals surface area contributed by atoms with Crippen molar-refractivity contribution in [3.63, 3.8) is 0 Å². The monoisotopic (exact) mass is 479 g/mol. The Kier molecular flexibility index (Phi) is 6.46. The summed E-state index contributed by atoms with van der Waals surface area (Å²) in [5, 5.41) is 4.90. The Labute approximate surface area is 192 Å². The number of sulfonamides is 1. The maximum absolute atomic E-state index is 13.1. The van der Waals surface area contributed by atoms with Crippen molar-refractivity contribution in [3.05, 3.63) is 53.1 Å². The highest BCUT2D eigenvalue weighted by atomic mass is 35.5. The first-order valence-electron chi connectivity index (χ1n) is 10.1. The van der Waals surface area contributed by atoms with Gasteiger partial charge in [-0.15, -0.1) is 11.3 Å². The zero-order valence-electron chi connectivity index (χ0n) is 17.7. The predicted molar refractivity (Wildman–Crippen MR) is 129 cm³/mol. The predicted octanol–water partition coefficient (Wildman–Crippen LogP) is 4.79. The van der Waals surface area contributed by atoms with Crippen molar-refractivity contribution in [2.24, 2.45) is 0 Å². The summed E-state index contributed by atoms with van der Waals surface area (Å²) in [6.07, 6.45) is 0.958. The van der Waals surface area contributed by atoms with Gasteiger partial charge in [-0.3, -0.25) is 4.72 Å². The second-order valence-electron chi connectivity index (χ2n) is 7.91. The smallest absolute Gasteiger partial charge is 0.271 e. The highest BCUT2D eigenvalue weighted by Gasteiger charge is 2.28. The van der Waals surface area contributed by atoms with Crippen molar-refractivity contribution in [1.82, 2.24) is 4.90 Å². The number of rotatable bonds is 6. The molecule has 2 aromatic carbocycles. The number of likely N-dealkylation sites (N-methyl/N-ethyl adjacent to an activating group) is 1. The molecule has 2 unspecified atom stereocenters. The van der Waals surface area contributed by atoms with Crippen molar-refractivity contribution in [1.29, 1.82) is 0 Å². The van der Waals surface area contributed by atoms with Gasteiger partial charge in [0.05, 0.1) is 17.8 Å². The highest BCUT2D eigenvalue weighted by molar-refractivity contribution is 7.94. The largest absolute Gasteiger partial charge is 0.379 e. The lowest BCUT2D eigenvalue weighted by atomic mass is 10.0. The fraction of sp³-hybridized carbons (Fsp3) is 0.364. The highest BCUT2D eigenvalue weighted by Crippen LogP contribution is 2.34. The Hall–Kier alpha value is -1.84. The van der Waals surface area contributed by atoms with Gasteiger partial charge in [0.15, 0.2) is 0 Å². The number of anilines is 2. The zero-order valence-corrected chi connectivity index (χ0v) is 20.1. The Morgan fingerprint density at radius 2 is 1.94 bits per heavy atom. The number of nitrogens with zero attached hydrogens (tertiary/aromatic N) is 1. The van der Waals surface area contributed by atoms with E-state index in [0.717, 1.165) is 40.8 Å². The van der Waals surface area contributed by atoms with E-state index in [1.165, 1.54) is 11.3 Å². The SMILES string of the molecule is COC1CN(C)CCC1Nc1cc(Cl)cc(NS(=O)(=O)c2cc3ccccc3s2)c1C. The van der Waals surface area contributed by atoms with Crippen molar-refractivity contribution in [2.45, 2.75) is 29.7 Å². The standard InChI is InChI=1S/C22H26ClN3O3S2/c1-14-18(24-17-8-9-26(2)13-20(17)29-3)11-16(23)12-19(14)25-31(27,28)22-10-15-6-4-5-7-21(15)30-22/h4-7,10-12,17,20,24-25H,8-9,13H2,1-3H3. The number of piperidine rings is 1. The number of halogens is 1. The number of fused-ring (bicyclic) bond motifs is 1. The van der Waals surface area contributed by atoms with Crippen LogP contribution < -0.4 is 10.0 Å². The van der Waals surface area contributed by atoms with Gasteiger partial charge in [0, 0.05) is 29.1 Å². The van der Waals surface area contributed by atoms with Gasteiger partial charge in [-0.1, -0.05) is 29.8 Å². The van der Waals surface area contributed by atoms with Gasteiger partial charge in [-0.2, -0.15) is 0 Å². The third-order valence-corrected chi connectivity index (χ3v) is 8.86. The molecule has 0 aliphatic carbocycles. The van der Waals surface area contributed by atoms with E-state index in [0.29, 0.717) is 10.7 Å². The lowest BCUT2D eigenvalue weighted by molar-refractivity contribution is 0.0312. The second-order valence-corrected chi connectivity index (χ2v) is 11.3. The minimum atomic E-state index is -3.74. The molecule has 0 saturated carbocycles. The van der Waals surface area contributed by atoms with E-state index < -0.39 is 10.0 Å². The van der Waals surface area contributed by atoms with E-state index in [-0.39, 0.29) is 16.4 Å². The molecule has 1 aliphatic rings. The first kappa shape index (κ1) is 22.4. The number of methoxy groups -OCH3 is 1. The molecule has 0 spiro atoms.